The molecule has 0 unspecified atom stereocenters. The highest BCUT2D eigenvalue weighted by atomic mass is 35.7. The van der Waals surface area contributed by atoms with Crippen molar-refractivity contribution < 1.29 is 8.42 Å². The quantitative estimate of drug-likeness (QED) is 0.586. The predicted octanol–water partition coefficient (Wildman–Crippen LogP) is 2.91. The van der Waals surface area contributed by atoms with Crippen molar-refractivity contribution in [1.82, 2.24) is 0 Å². The molecule has 15 heavy (non-hydrogen) atoms. The first-order chi connectivity index (χ1) is 6.88. The average molecular weight is 284 g/mol. The van der Waals surface area contributed by atoms with E-state index >= 15 is 0 Å². The zero-order valence-corrected chi connectivity index (χ0v) is 10.4. The largest absolute Gasteiger partial charge is 0.243 e. The standard InChI is InChI=1S/C9H5Cl3O2S/c10-8-4-3-7(9(11)6-8)2-1-5-15(12,13)14/h3-4,6H,5H2. The summed E-state index contributed by atoms with van der Waals surface area (Å²) in [4.78, 5) is 0. The maximum Gasteiger partial charge on any atom is 0.243 e. The predicted molar refractivity (Wildman–Crippen MR) is 63.0 cm³/mol. The highest BCUT2D eigenvalue weighted by molar-refractivity contribution is 8.13. The van der Waals surface area contributed by atoms with E-state index in [9.17, 15) is 8.42 Å². The average Bonchev–Trinajstić information content (AvgIpc) is 2.07. The molecule has 0 atom stereocenters. The van der Waals surface area contributed by atoms with Crippen molar-refractivity contribution in [2.45, 2.75) is 0 Å². The second-order valence-corrected chi connectivity index (χ2v) is 6.23. The van der Waals surface area contributed by atoms with Crippen LogP contribution in [0.3, 0.4) is 0 Å². The van der Waals surface area contributed by atoms with Crippen molar-refractivity contribution in [2.75, 3.05) is 5.75 Å². The number of halogens is 3. The van der Waals surface area contributed by atoms with E-state index in [0.717, 1.165) is 0 Å². The minimum atomic E-state index is -3.59. The van der Waals surface area contributed by atoms with Gasteiger partial charge in [-0.1, -0.05) is 35.0 Å². The third kappa shape index (κ3) is 4.76. The van der Waals surface area contributed by atoms with Crippen LogP contribution < -0.4 is 0 Å². The minimum Gasteiger partial charge on any atom is -0.211 e. The van der Waals surface area contributed by atoms with Gasteiger partial charge in [0.05, 0.1) is 5.02 Å². The number of hydrogen-bond donors (Lipinski definition) is 0. The van der Waals surface area contributed by atoms with Gasteiger partial charge in [0.25, 0.3) is 0 Å². The van der Waals surface area contributed by atoms with Crippen molar-refractivity contribution >= 4 is 42.9 Å². The summed E-state index contributed by atoms with van der Waals surface area (Å²) in [5.74, 6) is 4.59. The summed E-state index contributed by atoms with van der Waals surface area (Å²) in [7, 11) is 1.39. The molecule has 0 aliphatic rings. The molecule has 1 rings (SSSR count). The normalized spacial score (nSPS) is 10.6. The molecule has 0 aliphatic heterocycles. The lowest BCUT2D eigenvalue weighted by Crippen LogP contribution is -1.92. The zero-order chi connectivity index (χ0) is 11.5. The summed E-state index contributed by atoms with van der Waals surface area (Å²) < 4.78 is 21.1. The van der Waals surface area contributed by atoms with E-state index in [1.807, 2.05) is 0 Å². The van der Waals surface area contributed by atoms with Crippen LogP contribution in [0.2, 0.25) is 10.0 Å². The summed E-state index contributed by atoms with van der Waals surface area (Å²) in [5.41, 5.74) is 0.515. The van der Waals surface area contributed by atoms with Crippen LogP contribution in [0, 0.1) is 11.8 Å². The number of benzene rings is 1. The lowest BCUT2D eigenvalue weighted by Gasteiger charge is -1.95. The second-order valence-electron chi connectivity index (χ2n) is 2.61. The summed E-state index contributed by atoms with van der Waals surface area (Å²) in [5, 5.41) is 0.873. The Morgan fingerprint density at radius 2 is 1.93 bits per heavy atom. The number of hydrogen-bond acceptors (Lipinski definition) is 2. The summed E-state index contributed by atoms with van der Waals surface area (Å²) >= 11 is 11.5. The molecular weight excluding hydrogens is 279 g/mol. The van der Waals surface area contributed by atoms with E-state index in [-0.39, 0.29) is 0 Å². The Bertz CT molecular complexity index is 526. The molecule has 0 spiro atoms. The lowest BCUT2D eigenvalue weighted by molar-refractivity contribution is 0.612. The molecule has 0 amide bonds. The highest BCUT2D eigenvalue weighted by Gasteiger charge is 2.01. The Morgan fingerprint density at radius 3 is 2.47 bits per heavy atom. The molecule has 1 aromatic carbocycles. The molecule has 80 valence electrons. The smallest absolute Gasteiger partial charge is 0.211 e. The Kier molecular flexibility index (Phi) is 4.30. The first-order valence-corrected chi connectivity index (χ1v) is 6.98. The van der Waals surface area contributed by atoms with Crippen LogP contribution in [0.5, 0.6) is 0 Å². The van der Waals surface area contributed by atoms with Crippen molar-refractivity contribution in [3.8, 4) is 11.8 Å². The van der Waals surface area contributed by atoms with Gasteiger partial charge < -0.3 is 0 Å². The van der Waals surface area contributed by atoms with Crippen LogP contribution in [0.4, 0.5) is 0 Å². The maximum absolute atomic E-state index is 10.6. The van der Waals surface area contributed by atoms with Gasteiger partial charge in [0.1, 0.15) is 5.75 Å². The van der Waals surface area contributed by atoms with Crippen LogP contribution in [0.15, 0.2) is 18.2 Å². The van der Waals surface area contributed by atoms with Gasteiger partial charge in [-0.05, 0) is 18.2 Å². The Hall–Kier alpha value is -0.400. The minimum absolute atomic E-state index is 0.377. The van der Waals surface area contributed by atoms with E-state index in [0.29, 0.717) is 15.6 Å². The first-order valence-electron chi connectivity index (χ1n) is 3.75. The van der Waals surface area contributed by atoms with E-state index in [1.165, 1.54) is 6.07 Å². The molecule has 0 aliphatic carbocycles. The van der Waals surface area contributed by atoms with Gasteiger partial charge in [-0.15, -0.1) is 0 Å². The fourth-order valence-electron chi connectivity index (χ4n) is 0.808. The van der Waals surface area contributed by atoms with Gasteiger partial charge in [-0.25, -0.2) is 8.42 Å². The third-order valence-electron chi connectivity index (χ3n) is 1.40. The maximum atomic E-state index is 10.6. The molecular formula is C9H5Cl3O2S. The topological polar surface area (TPSA) is 34.1 Å². The van der Waals surface area contributed by atoms with Crippen molar-refractivity contribution in [1.29, 1.82) is 0 Å². The van der Waals surface area contributed by atoms with Gasteiger partial charge in [-0.2, -0.15) is 0 Å². The molecule has 0 bridgehead atoms. The van der Waals surface area contributed by atoms with E-state index in [2.05, 4.69) is 11.8 Å². The molecule has 0 fully saturated rings. The molecule has 6 heteroatoms. The van der Waals surface area contributed by atoms with Gasteiger partial charge in [-0.3, -0.25) is 0 Å². The summed E-state index contributed by atoms with van der Waals surface area (Å²) in [6.07, 6.45) is 0. The zero-order valence-electron chi connectivity index (χ0n) is 7.30. The van der Waals surface area contributed by atoms with Crippen LogP contribution in [-0.2, 0) is 9.05 Å². The van der Waals surface area contributed by atoms with Crippen molar-refractivity contribution in [3.63, 3.8) is 0 Å². The molecule has 1 aromatic rings. The Labute approximate surface area is 103 Å². The third-order valence-corrected chi connectivity index (χ3v) is 2.76. The van der Waals surface area contributed by atoms with E-state index in [1.54, 1.807) is 12.1 Å². The number of rotatable bonds is 1. The van der Waals surface area contributed by atoms with Gasteiger partial charge >= 0.3 is 0 Å². The summed E-state index contributed by atoms with van der Waals surface area (Å²) in [6.45, 7) is 0. The summed E-state index contributed by atoms with van der Waals surface area (Å²) in [6, 6.07) is 4.76. The molecule has 0 saturated heterocycles. The highest BCUT2D eigenvalue weighted by Crippen LogP contribution is 2.19. The van der Waals surface area contributed by atoms with Crippen LogP contribution in [-0.4, -0.2) is 14.2 Å². The fourth-order valence-corrected chi connectivity index (χ4v) is 1.67. The lowest BCUT2D eigenvalue weighted by atomic mass is 10.2. The van der Waals surface area contributed by atoms with E-state index < -0.39 is 14.8 Å². The molecule has 0 saturated carbocycles. The van der Waals surface area contributed by atoms with E-state index in [4.69, 9.17) is 33.9 Å². The molecule has 0 N–H and O–H groups in total. The van der Waals surface area contributed by atoms with Gasteiger partial charge in [0.15, 0.2) is 0 Å². The SMILES string of the molecule is O=S(=O)(Cl)CC#Cc1ccc(Cl)cc1Cl. The van der Waals surface area contributed by atoms with Crippen LogP contribution in [0.1, 0.15) is 5.56 Å². The molecule has 0 aromatic heterocycles. The Morgan fingerprint density at radius 1 is 1.27 bits per heavy atom. The Balaban J connectivity index is 2.90. The van der Waals surface area contributed by atoms with Crippen LogP contribution in [0.25, 0.3) is 0 Å². The van der Waals surface area contributed by atoms with Crippen molar-refractivity contribution in [2.24, 2.45) is 0 Å². The second kappa shape index (κ2) is 5.09. The molecule has 0 heterocycles. The molecule has 0 radical (unpaired) electrons. The first kappa shape index (κ1) is 12.7. The van der Waals surface area contributed by atoms with Crippen molar-refractivity contribution in [3.05, 3.63) is 33.8 Å². The van der Waals surface area contributed by atoms with Gasteiger partial charge in [0.2, 0.25) is 9.05 Å². The fraction of sp³-hybridized carbons (Fsp3) is 0.111. The van der Waals surface area contributed by atoms with Crippen LogP contribution >= 0.6 is 33.9 Å². The van der Waals surface area contributed by atoms with Gasteiger partial charge in [0, 0.05) is 21.3 Å². The molecule has 2 nitrogen and oxygen atoms in total. The monoisotopic (exact) mass is 282 g/mol.